The summed E-state index contributed by atoms with van der Waals surface area (Å²) in [6, 6.07) is 5.79. The van der Waals surface area contributed by atoms with Gasteiger partial charge in [-0.2, -0.15) is 0 Å². The van der Waals surface area contributed by atoms with Gasteiger partial charge in [-0.1, -0.05) is 26.8 Å². The zero-order valence-electron chi connectivity index (χ0n) is 14.4. The van der Waals surface area contributed by atoms with Crippen molar-refractivity contribution in [1.82, 2.24) is 4.98 Å². The predicted octanol–water partition coefficient (Wildman–Crippen LogP) is 3.75. The van der Waals surface area contributed by atoms with E-state index in [4.69, 9.17) is 9.16 Å². The molecule has 1 unspecified atom stereocenters. The molecule has 5 heteroatoms. The SMILES string of the molecule is CCOC(=O)C=Cc1cccc(C(O[SiH](C)C)C(C)(C)C)n1. The van der Waals surface area contributed by atoms with Crippen molar-refractivity contribution in [1.29, 1.82) is 0 Å². The van der Waals surface area contributed by atoms with Crippen LogP contribution in [0, 0.1) is 5.41 Å². The number of ether oxygens (including phenoxy) is 1. The van der Waals surface area contributed by atoms with Crippen molar-refractivity contribution in [2.24, 2.45) is 5.41 Å². The van der Waals surface area contributed by atoms with Crippen molar-refractivity contribution < 1.29 is 14.0 Å². The second-order valence-corrected chi connectivity index (χ2v) is 8.87. The number of pyridine rings is 1. The first-order valence-electron chi connectivity index (χ1n) is 7.71. The highest BCUT2D eigenvalue weighted by Crippen LogP contribution is 2.35. The van der Waals surface area contributed by atoms with Gasteiger partial charge >= 0.3 is 5.97 Å². The smallest absolute Gasteiger partial charge is 0.330 e. The Hall–Kier alpha value is -1.46. The molecule has 1 atom stereocenters. The molecule has 1 heterocycles. The van der Waals surface area contributed by atoms with Crippen LogP contribution in [0.15, 0.2) is 24.3 Å². The van der Waals surface area contributed by atoms with Crippen LogP contribution in [0.2, 0.25) is 13.1 Å². The predicted molar refractivity (Wildman–Crippen MR) is 92.1 cm³/mol. The minimum Gasteiger partial charge on any atom is -0.463 e. The van der Waals surface area contributed by atoms with Gasteiger partial charge in [0.15, 0.2) is 9.04 Å². The molecule has 0 N–H and O–H groups in total. The maximum absolute atomic E-state index is 11.4. The highest BCUT2D eigenvalue weighted by molar-refractivity contribution is 6.48. The Morgan fingerprint density at radius 3 is 2.59 bits per heavy atom. The van der Waals surface area contributed by atoms with Gasteiger partial charge < -0.3 is 9.16 Å². The van der Waals surface area contributed by atoms with Crippen molar-refractivity contribution in [3.63, 3.8) is 0 Å². The van der Waals surface area contributed by atoms with Crippen LogP contribution in [0.3, 0.4) is 0 Å². The topological polar surface area (TPSA) is 48.4 Å². The Bertz CT molecular complexity index is 521. The molecule has 4 nitrogen and oxygen atoms in total. The van der Waals surface area contributed by atoms with E-state index in [1.807, 2.05) is 18.2 Å². The van der Waals surface area contributed by atoms with Crippen molar-refractivity contribution in [2.45, 2.75) is 46.9 Å². The number of esters is 1. The van der Waals surface area contributed by atoms with Gasteiger partial charge in [-0.25, -0.2) is 4.79 Å². The molecule has 22 heavy (non-hydrogen) atoms. The lowest BCUT2D eigenvalue weighted by Gasteiger charge is -2.32. The maximum Gasteiger partial charge on any atom is 0.330 e. The third kappa shape index (κ3) is 6.11. The summed E-state index contributed by atoms with van der Waals surface area (Å²) < 4.78 is 11.1. The van der Waals surface area contributed by atoms with Crippen molar-refractivity contribution in [2.75, 3.05) is 6.61 Å². The number of carbonyl (C=O) groups is 1. The van der Waals surface area contributed by atoms with Gasteiger partial charge in [0.25, 0.3) is 0 Å². The minimum absolute atomic E-state index is 0.0340. The second kappa shape index (κ2) is 8.24. The Morgan fingerprint density at radius 2 is 2.05 bits per heavy atom. The van der Waals surface area contributed by atoms with Crippen LogP contribution in [-0.4, -0.2) is 26.6 Å². The fraction of sp³-hybridized carbons (Fsp3) is 0.529. The molecule has 0 aliphatic heterocycles. The molecule has 0 fully saturated rings. The molecular weight excluding hydrogens is 294 g/mol. The number of hydrogen-bond acceptors (Lipinski definition) is 4. The molecule has 0 aliphatic rings. The lowest BCUT2D eigenvalue weighted by Crippen LogP contribution is -2.26. The third-order valence-electron chi connectivity index (χ3n) is 2.93. The molecule has 0 aliphatic carbocycles. The fourth-order valence-electron chi connectivity index (χ4n) is 2.04. The van der Waals surface area contributed by atoms with Crippen LogP contribution in [0.25, 0.3) is 6.08 Å². The van der Waals surface area contributed by atoms with Gasteiger partial charge in [-0.3, -0.25) is 4.98 Å². The first kappa shape index (κ1) is 18.6. The lowest BCUT2D eigenvalue weighted by atomic mass is 9.87. The van der Waals surface area contributed by atoms with Crippen LogP contribution in [0.1, 0.15) is 45.2 Å². The van der Waals surface area contributed by atoms with Crippen LogP contribution < -0.4 is 0 Å². The number of carbonyl (C=O) groups excluding carboxylic acids is 1. The lowest BCUT2D eigenvalue weighted by molar-refractivity contribution is -0.137. The molecule has 122 valence electrons. The van der Waals surface area contributed by atoms with Crippen LogP contribution >= 0.6 is 0 Å². The largest absolute Gasteiger partial charge is 0.463 e. The van der Waals surface area contributed by atoms with E-state index in [1.54, 1.807) is 13.0 Å². The van der Waals surface area contributed by atoms with Crippen LogP contribution in [0.5, 0.6) is 0 Å². The highest BCUT2D eigenvalue weighted by atomic mass is 28.3. The standard InChI is InChI=1S/C17H27NO3Si/c1-7-20-15(19)12-11-13-9-8-10-14(18-13)16(17(2,3)4)21-22(5)6/h8-12,16,22H,7H2,1-6H3. The number of nitrogens with zero attached hydrogens (tertiary/aromatic N) is 1. The fourth-order valence-corrected chi connectivity index (χ4v) is 3.13. The summed E-state index contributed by atoms with van der Waals surface area (Å²) in [5.74, 6) is -0.354. The molecule has 0 saturated heterocycles. The van der Waals surface area contributed by atoms with Gasteiger partial charge in [-0.15, -0.1) is 0 Å². The van der Waals surface area contributed by atoms with Gasteiger partial charge in [0, 0.05) is 6.08 Å². The van der Waals surface area contributed by atoms with E-state index in [2.05, 4.69) is 38.8 Å². The van der Waals surface area contributed by atoms with Gasteiger partial charge in [-0.05, 0) is 43.6 Å². The summed E-state index contributed by atoms with van der Waals surface area (Å²) in [4.78, 5) is 16.0. The number of aromatic nitrogens is 1. The maximum atomic E-state index is 11.4. The molecule has 1 aromatic heterocycles. The highest BCUT2D eigenvalue weighted by Gasteiger charge is 2.29. The van der Waals surface area contributed by atoms with E-state index in [1.165, 1.54) is 6.08 Å². The quantitative estimate of drug-likeness (QED) is 0.455. The molecular formula is C17H27NO3Si. The zero-order valence-corrected chi connectivity index (χ0v) is 15.6. The molecule has 1 rings (SSSR count). The van der Waals surface area contributed by atoms with E-state index in [0.29, 0.717) is 6.61 Å². The van der Waals surface area contributed by atoms with E-state index in [9.17, 15) is 4.79 Å². The van der Waals surface area contributed by atoms with E-state index >= 15 is 0 Å². The first-order chi connectivity index (χ1) is 10.2. The Kier molecular flexibility index (Phi) is 6.96. The van der Waals surface area contributed by atoms with Gasteiger partial charge in [0.2, 0.25) is 0 Å². The molecule has 0 saturated carbocycles. The van der Waals surface area contributed by atoms with E-state index < -0.39 is 9.04 Å². The average molecular weight is 321 g/mol. The van der Waals surface area contributed by atoms with Crippen molar-refractivity contribution in [3.05, 3.63) is 35.7 Å². The number of rotatable bonds is 6. The summed E-state index contributed by atoms with van der Waals surface area (Å²) in [5, 5.41) is 0. The first-order valence-corrected chi connectivity index (χ1v) is 10.5. The Labute approximate surface area is 135 Å². The minimum atomic E-state index is -1.19. The van der Waals surface area contributed by atoms with E-state index in [-0.39, 0.29) is 17.5 Å². The van der Waals surface area contributed by atoms with Gasteiger partial charge in [0.1, 0.15) is 0 Å². The summed E-state index contributed by atoms with van der Waals surface area (Å²) in [6.07, 6.45) is 3.03. The molecule has 0 bridgehead atoms. The molecule has 1 aromatic rings. The van der Waals surface area contributed by atoms with Crippen molar-refractivity contribution >= 4 is 21.1 Å². The Morgan fingerprint density at radius 1 is 1.36 bits per heavy atom. The molecule has 0 radical (unpaired) electrons. The number of hydrogen-bond donors (Lipinski definition) is 0. The summed E-state index contributed by atoms with van der Waals surface area (Å²) in [5.41, 5.74) is 1.60. The summed E-state index contributed by atoms with van der Waals surface area (Å²) in [6.45, 7) is 12.9. The van der Waals surface area contributed by atoms with Crippen molar-refractivity contribution in [3.8, 4) is 0 Å². The third-order valence-corrected chi connectivity index (χ3v) is 3.75. The summed E-state index contributed by atoms with van der Waals surface area (Å²) >= 11 is 0. The summed E-state index contributed by atoms with van der Waals surface area (Å²) in [7, 11) is -1.19. The molecule has 0 amide bonds. The normalized spacial score (nSPS) is 13.6. The molecule has 0 aromatic carbocycles. The average Bonchev–Trinajstić information content (AvgIpc) is 2.42. The zero-order chi connectivity index (χ0) is 16.8. The van der Waals surface area contributed by atoms with E-state index in [0.717, 1.165) is 11.4 Å². The molecule has 0 spiro atoms. The van der Waals surface area contributed by atoms with Crippen LogP contribution in [-0.2, 0) is 14.0 Å². The van der Waals surface area contributed by atoms with Gasteiger partial charge in [0.05, 0.1) is 24.1 Å². The second-order valence-electron chi connectivity index (χ2n) is 6.50. The van der Waals surface area contributed by atoms with Crippen LogP contribution in [0.4, 0.5) is 0 Å². The monoisotopic (exact) mass is 321 g/mol. The Balaban J connectivity index is 3.00.